The maximum Gasteiger partial charge on any atom is 0.410 e. The highest BCUT2D eigenvalue weighted by molar-refractivity contribution is 5.69. The van der Waals surface area contributed by atoms with Gasteiger partial charge < -0.3 is 25.0 Å². The fourth-order valence-corrected chi connectivity index (χ4v) is 3.60. The molecular weight excluding hydrogens is 344 g/mol. The maximum absolute atomic E-state index is 12.5. The SMILES string of the molecule is CC(C)(C)OC(=O)N1C[C@@H]2CN(c3ccc(N)c(OC(F)F)c3)C[C@@H]2C1. The number of amides is 1. The van der Waals surface area contributed by atoms with Crippen LogP contribution in [0.15, 0.2) is 18.2 Å². The second kappa shape index (κ2) is 6.81. The zero-order chi connectivity index (χ0) is 19.1. The molecule has 0 aromatic heterocycles. The molecule has 0 unspecified atom stereocenters. The summed E-state index contributed by atoms with van der Waals surface area (Å²) in [6, 6.07) is 4.93. The lowest BCUT2D eigenvalue weighted by Crippen LogP contribution is -2.37. The van der Waals surface area contributed by atoms with Crippen LogP contribution in [0.3, 0.4) is 0 Å². The summed E-state index contributed by atoms with van der Waals surface area (Å²) >= 11 is 0. The van der Waals surface area contributed by atoms with Gasteiger partial charge in [0.25, 0.3) is 0 Å². The summed E-state index contributed by atoms with van der Waals surface area (Å²) in [5, 5.41) is 0. The summed E-state index contributed by atoms with van der Waals surface area (Å²) < 4.78 is 34.9. The minimum atomic E-state index is -2.91. The number of ether oxygens (including phenoxy) is 2. The Morgan fingerprint density at radius 1 is 1.19 bits per heavy atom. The van der Waals surface area contributed by atoms with Gasteiger partial charge in [0, 0.05) is 49.8 Å². The fraction of sp³-hybridized carbons (Fsp3) is 0.611. The number of carbonyl (C=O) groups is 1. The molecule has 3 rings (SSSR count). The van der Waals surface area contributed by atoms with Gasteiger partial charge in [-0.15, -0.1) is 0 Å². The van der Waals surface area contributed by atoms with Crippen molar-refractivity contribution in [3.05, 3.63) is 18.2 Å². The zero-order valence-electron chi connectivity index (χ0n) is 15.2. The summed E-state index contributed by atoms with van der Waals surface area (Å²) in [5.74, 6) is 0.656. The Bertz CT molecular complexity index is 664. The van der Waals surface area contributed by atoms with E-state index >= 15 is 0 Å². The van der Waals surface area contributed by atoms with Crippen LogP contribution in [0.4, 0.5) is 25.0 Å². The quantitative estimate of drug-likeness (QED) is 0.829. The number of nitrogens with two attached hydrogens (primary N) is 1. The van der Waals surface area contributed by atoms with E-state index < -0.39 is 12.2 Å². The van der Waals surface area contributed by atoms with Gasteiger partial charge >= 0.3 is 12.7 Å². The summed E-state index contributed by atoms with van der Waals surface area (Å²) in [6.45, 7) is 5.44. The van der Waals surface area contributed by atoms with Crippen molar-refractivity contribution in [1.29, 1.82) is 0 Å². The van der Waals surface area contributed by atoms with Crippen LogP contribution in [-0.4, -0.2) is 49.4 Å². The van der Waals surface area contributed by atoms with Crippen molar-refractivity contribution in [3.63, 3.8) is 0 Å². The molecule has 0 saturated carbocycles. The molecule has 2 heterocycles. The van der Waals surface area contributed by atoms with Gasteiger partial charge in [-0.25, -0.2) is 4.79 Å². The number of anilines is 2. The van der Waals surface area contributed by atoms with Crippen LogP contribution < -0.4 is 15.4 Å². The third-order valence-electron chi connectivity index (χ3n) is 4.72. The highest BCUT2D eigenvalue weighted by Crippen LogP contribution is 2.37. The van der Waals surface area contributed by atoms with E-state index in [0.29, 0.717) is 24.9 Å². The number of nitrogen functional groups attached to an aromatic ring is 1. The second-order valence-electron chi connectivity index (χ2n) is 7.91. The Morgan fingerprint density at radius 3 is 2.35 bits per heavy atom. The first-order valence-corrected chi connectivity index (χ1v) is 8.69. The molecule has 2 aliphatic rings. The Morgan fingerprint density at radius 2 is 1.81 bits per heavy atom. The number of likely N-dealkylation sites (tertiary alicyclic amines) is 1. The van der Waals surface area contributed by atoms with E-state index in [-0.39, 0.29) is 17.5 Å². The lowest BCUT2D eigenvalue weighted by atomic mass is 10.0. The van der Waals surface area contributed by atoms with Crippen molar-refractivity contribution in [1.82, 2.24) is 4.90 Å². The van der Waals surface area contributed by atoms with E-state index in [1.807, 2.05) is 20.8 Å². The van der Waals surface area contributed by atoms with Gasteiger partial charge in [0.05, 0.1) is 5.69 Å². The fourth-order valence-electron chi connectivity index (χ4n) is 3.60. The standard InChI is InChI=1S/C18H25F2N3O3/c1-18(2,3)26-17(24)23-9-11-7-22(8-12(11)10-23)13-4-5-14(21)15(6-13)25-16(19)20/h4-6,11-12,16H,7-10,21H2,1-3H3/t11-,12+. The maximum atomic E-state index is 12.5. The van der Waals surface area contributed by atoms with E-state index in [9.17, 15) is 13.6 Å². The molecule has 2 aliphatic heterocycles. The number of fused-ring (bicyclic) bond motifs is 1. The highest BCUT2D eigenvalue weighted by atomic mass is 19.3. The molecule has 0 aliphatic carbocycles. The summed E-state index contributed by atoms with van der Waals surface area (Å²) in [5.41, 5.74) is 6.17. The molecule has 1 aromatic carbocycles. The van der Waals surface area contributed by atoms with Crippen LogP contribution in [0.1, 0.15) is 20.8 Å². The minimum Gasteiger partial charge on any atom is -0.444 e. The number of benzene rings is 1. The largest absolute Gasteiger partial charge is 0.444 e. The molecule has 8 heteroatoms. The first-order valence-electron chi connectivity index (χ1n) is 8.69. The van der Waals surface area contributed by atoms with Gasteiger partial charge in [-0.2, -0.15) is 8.78 Å². The third kappa shape index (κ3) is 4.11. The van der Waals surface area contributed by atoms with E-state index in [1.54, 1.807) is 23.1 Å². The number of hydrogen-bond acceptors (Lipinski definition) is 5. The van der Waals surface area contributed by atoms with Crippen LogP contribution in [0.25, 0.3) is 0 Å². The first kappa shape index (κ1) is 18.5. The molecule has 0 bridgehead atoms. The molecule has 2 saturated heterocycles. The summed E-state index contributed by atoms with van der Waals surface area (Å²) in [4.78, 5) is 16.1. The van der Waals surface area contributed by atoms with Crippen molar-refractivity contribution in [3.8, 4) is 5.75 Å². The van der Waals surface area contributed by atoms with Gasteiger partial charge in [0.15, 0.2) is 5.75 Å². The average Bonchev–Trinajstić information content (AvgIpc) is 3.06. The van der Waals surface area contributed by atoms with Crippen molar-refractivity contribution in [2.24, 2.45) is 11.8 Å². The summed E-state index contributed by atoms with van der Waals surface area (Å²) in [7, 11) is 0. The Hall–Kier alpha value is -2.25. The molecule has 0 radical (unpaired) electrons. The zero-order valence-corrected chi connectivity index (χ0v) is 15.2. The third-order valence-corrected chi connectivity index (χ3v) is 4.72. The number of carbonyl (C=O) groups excluding carboxylic acids is 1. The van der Waals surface area contributed by atoms with Crippen LogP contribution in [-0.2, 0) is 4.74 Å². The molecule has 0 spiro atoms. The highest BCUT2D eigenvalue weighted by Gasteiger charge is 2.42. The molecule has 6 nitrogen and oxygen atoms in total. The molecule has 2 N–H and O–H groups in total. The number of nitrogens with zero attached hydrogens (tertiary/aromatic N) is 2. The smallest absolute Gasteiger partial charge is 0.410 e. The summed E-state index contributed by atoms with van der Waals surface area (Å²) in [6.07, 6.45) is -0.279. The predicted molar refractivity (Wildman–Crippen MR) is 94.5 cm³/mol. The minimum absolute atomic E-state index is 0.00931. The molecule has 1 amide bonds. The van der Waals surface area contributed by atoms with Crippen LogP contribution >= 0.6 is 0 Å². The number of rotatable bonds is 3. The Labute approximate surface area is 151 Å². The van der Waals surface area contributed by atoms with Crippen molar-refractivity contribution in [2.75, 3.05) is 36.8 Å². The van der Waals surface area contributed by atoms with Gasteiger partial charge in [0.1, 0.15) is 5.60 Å². The number of halogens is 2. The lowest BCUT2D eigenvalue weighted by Gasteiger charge is -2.26. The topological polar surface area (TPSA) is 68.0 Å². The lowest BCUT2D eigenvalue weighted by molar-refractivity contribution is -0.0493. The van der Waals surface area contributed by atoms with Gasteiger partial charge in [0.2, 0.25) is 0 Å². The molecule has 2 fully saturated rings. The van der Waals surface area contributed by atoms with Gasteiger partial charge in [-0.05, 0) is 32.9 Å². The van der Waals surface area contributed by atoms with E-state index in [4.69, 9.17) is 10.5 Å². The molecule has 2 atom stereocenters. The predicted octanol–water partition coefficient (Wildman–Crippen LogP) is 3.17. The second-order valence-corrected chi connectivity index (χ2v) is 7.91. The van der Waals surface area contributed by atoms with Crippen molar-refractivity contribution in [2.45, 2.75) is 33.0 Å². The van der Waals surface area contributed by atoms with E-state index in [2.05, 4.69) is 9.64 Å². The number of hydrogen-bond donors (Lipinski definition) is 1. The Balaban J connectivity index is 1.62. The Kier molecular flexibility index (Phi) is 4.86. The van der Waals surface area contributed by atoms with Crippen LogP contribution in [0.2, 0.25) is 0 Å². The van der Waals surface area contributed by atoms with Crippen molar-refractivity contribution < 1.29 is 23.0 Å². The molecule has 1 aromatic rings. The van der Waals surface area contributed by atoms with Crippen LogP contribution in [0, 0.1) is 11.8 Å². The van der Waals surface area contributed by atoms with Gasteiger partial charge in [-0.1, -0.05) is 0 Å². The van der Waals surface area contributed by atoms with E-state index in [0.717, 1.165) is 18.8 Å². The monoisotopic (exact) mass is 369 g/mol. The molecule has 144 valence electrons. The van der Waals surface area contributed by atoms with E-state index in [1.165, 1.54) is 0 Å². The first-order chi connectivity index (χ1) is 12.1. The molecule has 26 heavy (non-hydrogen) atoms. The molecular formula is C18H25F2N3O3. The number of alkyl halides is 2. The average molecular weight is 369 g/mol. The van der Waals surface area contributed by atoms with Gasteiger partial charge in [-0.3, -0.25) is 0 Å². The normalized spacial score (nSPS) is 22.7. The van der Waals surface area contributed by atoms with Crippen LogP contribution in [0.5, 0.6) is 5.75 Å². The van der Waals surface area contributed by atoms with Crippen molar-refractivity contribution >= 4 is 17.5 Å².